The molecule has 0 aliphatic heterocycles. The Bertz CT molecular complexity index is 540. The molecular formula is C13H16N2O2S. The Balaban J connectivity index is 2.42. The highest BCUT2D eigenvalue weighted by atomic mass is 32.1. The van der Waals surface area contributed by atoms with Gasteiger partial charge in [0.25, 0.3) is 0 Å². The Morgan fingerprint density at radius 2 is 2.28 bits per heavy atom. The summed E-state index contributed by atoms with van der Waals surface area (Å²) in [5.41, 5.74) is 8.31. The van der Waals surface area contributed by atoms with Crippen LogP contribution < -0.4 is 10.5 Å². The summed E-state index contributed by atoms with van der Waals surface area (Å²) in [4.78, 5) is 4.41. The average Bonchev–Trinajstić information content (AvgIpc) is 2.87. The van der Waals surface area contributed by atoms with Crippen molar-refractivity contribution in [3.05, 3.63) is 34.2 Å². The van der Waals surface area contributed by atoms with E-state index >= 15 is 0 Å². The van der Waals surface area contributed by atoms with Crippen LogP contribution >= 0.6 is 11.3 Å². The molecule has 0 saturated heterocycles. The molecule has 4 nitrogen and oxygen atoms in total. The number of aliphatic hydroxyl groups excluding tert-OH is 1. The molecule has 3 N–H and O–H groups in total. The average molecular weight is 264 g/mol. The normalized spacial score (nSPS) is 12.4. The second-order valence-electron chi connectivity index (χ2n) is 4.03. The molecular weight excluding hydrogens is 248 g/mol. The molecule has 0 bridgehead atoms. The van der Waals surface area contributed by atoms with Crippen molar-refractivity contribution < 1.29 is 9.84 Å². The Hall–Kier alpha value is -1.43. The summed E-state index contributed by atoms with van der Waals surface area (Å²) in [6, 6.07) is 5.93. The monoisotopic (exact) mass is 264 g/mol. The van der Waals surface area contributed by atoms with Gasteiger partial charge in [-0.1, -0.05) is 11.6 Å². The fourth-order valence-electron chi connectivity index (χ4n) is 1.69. The van der Waals surface area contributed by atoms with Gasteiger partial charge in [-0.15, -0.1) is 11.3 Å². The van der Waals surface area contributed by atoms with Gasteiger partial charge in [-0.05, 0) is 19.1 Å². The summed E-state index contributed by atoms with van der Waals surface area (Å²) in [5, 5.41) is 12.2. The molecule has 2 aromatic rings. The van der Waals surface area contributed by atoms with Gasteiger partial charge in [0.2, 0.25) is 0 Å². The van der Waals surface area contributed by atoms with Crippen molar-refractivity contribution >= 4 is 11.3 Å². The number of ether oxygens (including phenoxy) is 1. The summed E-state index contributed by atoms with van der Waals surface area (Å²) >= 11 is 1.41. The number of methoxy groups -OCH3 is 1. The molecule has 5 heteroatoms. The highest BCUT2D eigenvalue weighted by molar-refractivity contribution is 7.10. The number of nitrogens with two attached hydrogens (primary N) is 1. The lowest BCUT2D eigenvalue weighted by atomic mass is 10.1. The number of hydrogen-bond acceptors (Lipinski definition) is 5. The Morgan fingerprint density at radius 3 is 2.94 bits per heavy atom. The molecule has 0 fully saturated rings. The molecule has 2 rings (SSSR count). The van der Waals surface area contributed by atoms with E-state index in [1.807, 2.05) is 30.5 Å². The van der Waals surface area contributed by atoms with E-state index in [-0.39, 0.29) is 6.54 Å². The van der Waals surface area contributed by atoms with Gasteiger partial charge in [0, 0.05) is 17.5 Å². The van der Waals surface area contributed by atoms with E-state index in [4.69, 9.17) is 10.5 Å². The van der Waals surface area contributed by atoms with E-state index in [2.05, 4.69) is 4.98 Å². The van der Waals surface area contributed by atoms with Gasteiger partial charge in [-0.3, -0.25) is 0 Å². The highest BCUT2D eigenvalue weighted by Gasteiger charge is 2.14. The maximum Gasteiger partial charge on any atom is 0.128 e. The number of hydrogen-bond donors (Lipinski definition) is 2. The van der Waals surface area contributed by atoms with Gasteiger partial charge in [0.1, 0.15) is 16.9 Å². The van der Waals surface area contributed by atoms with Crippen LogP contribution in [0.25, 0.3) is 11.3 Å². The first kappa shape index (κ1) is 13.0. The van der Waals surface area contributed by atoms with E-state index in [9.17, 15) is 5.11 Å². The Morgan fingerprint density at radius 1 is 1.50 bits per heavy atom. The first-order valence-electron chi connectivity index (χ1n) is 5.64. The zero-order chi connectivity index (χ0) is 13.1. The number of rotatable bonds is 4. The van der Waals surface area contributed by atoms with Crippen LogP contribution in [0.5, 0.6) is 5.75 Å². The molecule has 1 heterocycles. The predicted molar refractivity (Wildman–Crippen MR) is 72.9 cm³/mol. The Labute approximate surface area is 110 Å². The second-order valence-corrected chi connectivity index (χ2v) is 4.92. The standard InChI is InChI=1S/C13H16N2O2S/c1-8-3-4-12(17-2)9(5-8)10-7-18-13(15-10)11(16)6-14/h3-5,7,11,16H,6,14H2,1-2H3. The third-order valence-corrected chi connectivity index (χ3v) is 3.61. The van der Waals surface area contributed by atoms with E-state index in [0.717, 1.165) is 22.6 Å². The number of benzene rings is 1. The zero-order valence-corrected chi connectivity index (χ0v) is 11.2. The molecule has 96 valence electrons. The number of nitrogens with zero attached hydrogens (tertiary/aromatic N) is 1. The van der Waals surface area contributed by atoms with Crippen LogP contribution in [0.15, 0.2) is 23.6 Å². The second kappa shape index (κ2) is 5.48. The van der Waals surface area contributed by atoms with Crippen LogP contribution in [-0.4, -0.2) is 23.7 Å². The van der Waals surface area contributed by atoms with E-state index < -0.39 is 6.10 Å². The van der Waals surface area contributed by atoms with Gasteiger partial charge in [-0.25, -0.2) is 4.98 Å². The lowest BCUT2D eigenvalue weighted by Gasteiger charge is -2.07. The molecule has 1 atom stereocenters. The van der Waals surface area contributed by atoms with Gasteiger partial charge < -0.3 is 15.6 Å². The van der Waals surface area contributed by atoms with Crippen LogP contribution in [0.2, 0.25) is 0 Å². The molecule has 1 unspecified atom stereocenters. The fourth-order valence-corrected chi connectivity index (χ4v) is 2.50. The minimum Gasteiger partial charge on any atom is -0.496 e. The summed E-state index contributed by atoms with van der Waals surface area (Å²) < 4.78 is 5.33. The smallest absolute Gasteiger partial charge is 0.128 e. The van der Waals surface area contributed by atoms with E-state index in [1.54, 1.807) is 7.11 Å². The summed E-state index contributed by atoms with van der Waals surface area (Å²) in [6.07, 6.45) is -0.695. The number of aromatic nitrogens is 1. The van der Waals surface area contributed by atoms with Gasteiger partial charge >= 0.3 is 0 Å². The molecule has 0 radical (unpaired) electrons. The predicted octanol–water partition coefficient (Wildman–Crippen LogP) is 2.12. The molecule has 0 aliphatic rings. The SMILES string of the molecule is COc1ccc(C)cc1-c1csc(C(O)CN)n1. The molecule has 1 aromatic carbocycles. The summed E-state index contributed by atoms with van der Waals surface area (Å²) in [5.74, 6) is 0.777. The fraction of sp³-hybridized carbons (Fsp3) is 0.308. The van der Waals surface area contributed by atoms with Gasteiger partial charge in [-0.2, -0.15) is 0 Å². The van der Waals surface area contributed by atoms with Gasteiger partial charge in [0.15, 0.2) is 0 Å². The van der Waals surface area contributed by atoms with Crippen molar-refractivity contribution in [2.24, 2.45) is 5.73 Å². The summed E-state index contributed by atoms with van der Waals surface area (Å²) in [7, 11) is 1.64. The maximum absolute atomic E-state index is 9.66. The van der Waals surface area contributed by atoms with Crippen LogP contribution in [-0.2, 0) is 0 Å². The van der Waals surface area contributed by atoms with E-state index in [1.165, 1.54) is 11.3 Å². The largest absolute Gasteiger partial charge is 0.496 e. The molecule has 0 spiro atoms. The van der Waals surface area contributed by atoms with E-state index in [0.29, 0.717) is 5.01 Å². The molecule has 0 amide bonds. The van der Waals surface area contributed by atoms with Crippen LogP contribution in [0.3, 0.4) is 0 Å². The first-order valence-corrected chi connectivity index (χ1v) is 6.52. The van der Waals surface area contributed by atoms with Crippen molar-refractivity contribution in [2.75, 3.05) is 13.7 Å². The Kier molecular flexibility index (Phi) is 3.96. The molecule has 0 aliphatic carbocycles. The van der Waals surface area contributed by atoms with Crippen molar-refractivity contribution in [1.29, 1.82) is 0 Å². The van der Waals surface area contributed by atoms with Crippen LogP contribution in [0.1, 0.15) is 16.7 Å². The van der Waals surface area contributed by atoms with Crippen LogP contribution in [0.4, 0.5) is 0 Å². The quantitative estimate of drug-likeness (QED) is 0.887. The molecule has 18 heavy (non-hydrogen) atoms. The topological polar surface area (TPSA) is 68.4 Å². The van der Waals surface area contributed by atoms with Crippen LogP contribution in [0, 0.1) is 6.92 Å². The van der Waals surface area contributed by atoms with Crippen molar-refractivity contribution in [1.82, 2.24) is 4.98 Å². The van der Waals surface area contributed by atoms with Crippen molar-refractivity contribution in [3.63, 3.8) is 0 Å². The highest BCUT2D eigenvalue weighted by Crippen LogP contribution is 2.32. The lowest BCUT2D eigenvalue weighted by molar-refractivity contribution is 0.186. The van der Waals surface area contributed by atoms with Gasteiger partial charge in [0.05, 0.1) is 12.8 Å². The minimum atomic E-state index is -0.695. The minimum absolute atomic E-state index is 0.178. The lowest BCUT2D eigenvalue weighted by Crippen LogP contribution is -2.11. The number of aryl methyl sites for hydroxylation is 1. The number of aliphatic hydroxyl groups is 1. The summed E-state index contributed by atoms with van der Waals surface area (Å²) in [6.45, 7) is 2.20. The molecule has 1 aromatic heterocycles. The third kappa shape index (κ3) is 2.53. The first-order chi connectivity index (χ1) is 8.65. The van der Waals surface area contributed by atoms with Crippen molar-refractivity contribution in [2.45, 2.75) is 13.0 Å². The maximum atomic E-state index is 9.66. The third-order valence-electron chi connectivity index (χ3n) is 2.66. The molecule has 0 saturated carbocycles. The number of thiazole rings is 1. The van der Waals surface area contributed by atoms with Crippen molar-refractivity contribution in [3.8, 4) is 17.0 Å². The zero-order valence-electron chi connectivity index (χ0n) is 10.4.